The molecule has 0 saturated heterocycles. The van der Waals surface area contributed by atoms with Crippen LogP contribution in [0.3, 0.4) is 0 Å². The fourth-order valence-corrected chi connectivity index (χ4v) is 3.38. The minimum absolute atomic E-state index is 0.208. The molecule has 1 amide bonds. The van der Waals surface area contributed by atoms with Crippen LogP contribution in [0.25, 0.3) is 16.9 Å². The number of amides is 1. The molecule has 1 atom stereocenters. The molecule has 0 saturated carbocycles. The van der Waals surface area contributed by atoms with Crippen LogP contribution in [0.4, 0.5) is 5.69 Å². The average Bonchev–Trinajstić information content (AvgIpc) is 3.16. The van der Waals surface area contributed by atoms with Crippen LogP contribution in [0.15, 0.2) is 67.0 Å². The Hall–Kier alpha value is -3.60. The zero-order valence-corrected chi connectivity index (χ0v) is 17.6. The lowest BCUT2D eigenvalue weighted by molar-refractivity contribution is -0.122. The van der Waals surface area contributed by atoms with Gasteiger partial charge >= 0.3 is 0 Å². The third-order valence-electron chi connectivity index (χ3n) is 5.30. The largest absolute Gasteiger partial charge is 0.481 e. The minimum Gasteiger partial charge on any atom is -0.481 e. The van der Waals surface area contributed by atoms with E-state index in [4.69, 9.17) is 9.72 Å². The predicted octanol–water partition coefficient (Wildman–Crippen LogP) is 5.33. The molecule has 0 spiro atoms. The molecule has 4 rings (SSSR count). The van der Waals surface area contributed by atoms with Gasteiger partial charge in [-0.2, -0.15) is 0 Å². The number of rotatable bonds is 5. The first-order chi connectivity index (χ1) is 14.4. The van der Waals surface area contributed by atoms with Gasteiger partial charge in [-0.05, 0) is 68.7 Å². The molecule has 0 fully saturated rings. The lowest BCUT2D eigenvalue weighted by atomic mass is 10.1. The van der Waals surface area contributed by atoms with Crippen LogP contribution in [0.1, 0.15) is 23.6 Å². The van der Waals surface area contributed by atoms with Crippen LogP contribution in [0.5, 0.6) is 5.75 Å². The highest BCUT2D eigenvalue weighted by atomic mass is 16.5. The third-order valence-corrected chi connectivity index (χ3v) is 5.30. The first kappa shape index (κ1) is 19.7. The number of carbonyl (C=O) groups excluding carboxylic acids is 1. The van der Waals surface area contributed by atoms with E-state index in [9.17, 15) is 4.79 Å². The summed E-state index contributed by atoms with van der Waals surface area (Å²) in [6.07, 6.45) is 3.31. The number of benzene rings is 2. The topological polar surface area (TPSA) is 55.6 Å². The smallest absolute Gasteiger partial charge is 0.265 e. The number of aromatic nitrogens is 2. The normalized spacial score (nSPS) is 12.0. The zero-order chi connectivity index (χ0) is 21.3. The van der Waals surface area contributed by atoms with Crippen molar-refractivity contribution in [3.8, 4) is 17.0 Å². The van der Waals surface area contributed by atoms with Gasteiger partial charge in [-0.25, -0.2) is 4.98 Å². The Labute approximate surface area is 176 Å². The Morgan fingerprint density at radius 3 is 2.57 bits per heavy atom. The number of para-hydroxylation sites is 1. The molecule has 5 nitrogen and oxygen atoms in total. The van der Waals surface area contributed by atoms with E-state index in [-0.39, 0.29) is 5.91 Å². The number of hydrogen-bond donors (Lipinski definition) is 1. The summed E-state index contributed by atoms with van der Waals surface area (Å²) in [7, 11) is 0. The van der Waals surface area contributed by atoms with E-state index in [1.54, 1.807) is 6.92 Å². The molecule has 2 heterocycles. The second kappa shape index (κ2) is 8.03. The van der Waals surface area contributed by atoms with Gasteiger partial charge in [0.05, 0.1) is 11.4 Å². The van der Waals surface area contributed by atoms with Gasteiger partial charge in [-0.3, -0.25) is 4.79 Å². The van der Waals surface area contributed by atoms with Crippen molar-refractivity contribution in [2.24, 2.45) is 0 Å². The zero-order valence-electron chi connectivity index (χ0n) is 17.6. The van der Waals surface area contributed by atoms with Crippen molar-refractivity contribution in [1.29, 1.82) is 0 Å². The van der Waals surface area contributed by atoms with Gasteiger partial charge in [0.15, 0.2) is 6.10 Å². The molecule has 0 bridgehead atoms. The number of fused-ring (bicyclic) bond motifs is 1. The van der Waals surface area contributed by atoms with E-state index in [1.807, 2.05) is 92.2 Å². The number of imidazole rings is 1. The molecular formula is C25H25N3O2. The van der Waals surface area contributed by atoms with Crippen LogP contribution in [0.2, 0.25) is 0 Å². The summed E-state index contributed by atoms with van der Waals surface area (Å²) in [6.45, 7) is 7.86. The van der Waals surface area contributed by atoms with Gasteiger partial charge in [-0.1, -0.05) is 30.3 Å². The third kappa shape index (κ3) is 3.92. The van der Waals surface area contributed by atoms with E-state index >= 15 is 0 Å². The molecule has 0 aliphatic heterocycles. The Kier molecular flexibility index (Phi) is 5.27. The fourth-order valence-electron chi connectivity index (χ4n) is 3.38. The Morgan fingerprint density at radius 2 is 1.80 bits per heavy atom. The highest BCUT2D eigenvalue weighted by molar-refractivity contribution is 5.97. The Morgan fingerprint density at radius 1 is 1.00 bits per heavy atom. The molecule has 1 N–H and O–H groups in total. The molecular weight excluding hydrogens is 374 g/mol. The molecule has 152 valence electrons. The summed E-state index contributed by atoms with van der Waals surface area (Å²) in [5, 5.41) is 3.00. The maximum atomic E-state index is 12.8. The number of ether oxygens (including phenoxy) is 1. The van der Waals surface area contributed by atoms with Crippen molar-refractivity contribution in [2.75, 3.05) is 5.32 Å². The number of nitrogens with zero attached hydrogens (tertiary/aromatic N) is 2. The van der Waals surface area contributed by atoms with Crippen LogP contribution < -0.4 is 10.1 Å². The summed E-state index contributed by atoms with van der Waals surface area (Å²) in [5.74, 6) is 0.477. The van der Waals surface area contributed by atoms with Crippen molar-refractivity contribution in [2.45, 2.75) is 33.8 Å². The van der Waals surface area contributed by atoms with Gasteiger partial charge in [-0.15, -0.1) is 0 Å². The Bertz CT molecular complexity index is 1230. The number of aryl methyl sites for hydroxylation is 3. The number of pyridine rings is 1. The lowest BCUT2D eigenvalue weighted by Crippen LogP contribution is -2.30. The van der Waals surface area contributed by atoms with E-state index in [0.29, 0.717) is 11.4 Å². The van der Waals surface area contributed by atoms with E-state index in [2.05, 4.69) is 5.32 Å². The number of carbonyl (C=O) groups is 1. The van der Waals surface area contributed by atoms with Gasteiger partial charge in [0, 0.05) is 18.0 Å². The van der Waals surface area contributed by atoms with Crippen LogP contribution in [-0.2, 0) is 4.79 Å². The fraction of sp³-hybridized carbons (Fsp3) is 0.200. The standard InChI is InChI=1S/C25H25N3O2/c1-16-11-12-20(14-18(16)3)30-19(4)25(29)27-22-10-6-5-9-21(22)23-15-28-13-7-8-17(2)24(28)26-23/h5-15,19H,1-4H3,(H,27,29). The first-order valence-electron chi connectivity index (χ1n) is 10.0. The maximum Gasteiger partial charge on any atom is 0.265 e. The van der Waals surface area contributed by atoms with Gasteiger partial charge < -0.3 is 14.5 Å². The maximum absolute atomic E-state index is 12.8. The monoisotopic (exact) mass is 399 g/mol. The van der Waals surface area contributed by atoms with Crippen LogP contribution in [-0.4, -0.2) is 21.4 Å². The summed E-state index contributed by atoms with van der Waals surface area (Å²) in [5.41, 5.74) is 6.71. The van der Waals surface area contributed by atoms with Crippen molar-refractivity contribution in [3.63, 3.8) is 0 Å². The average molecular weight is 399 g/mol. The quantitative estimate of drug-likeness (QED) is 0.493. The number of hydrogen-bond acceptors (Lipinski definition) is 3. The van der Waals surface area contributed by atoms with Crippen LogP contribution in [0, 0.1) is 20.8 Å². The summed E-state index contributed by atoms with van der Waals surface area (Å²) < 4.78 is 7.86. The molecule has 30 heavy (non-hydrogen) atoms. The summed E-state index contributed by atoms with van der Waals surface area (Å²) in [6, 6.07) is 17.5. The molecule has 0 radical (unpaired) electrons. The van der Waals surface area contributed by atoms with E-state index in [1.165, 1.54) is 5.56 Å². The molecule has 1 unspecified atom stereocenters. The molecule has 0 aliphatic rings. The van der Waals surface area contributed by atoms with E-state index < -0.39 is 6.10 Å². The predicted molar refractivity (Wildman–Crippen MR) is 120 cm³/mol. The van der Waals surface area contributed by atoms with Crippen molar-refractivity contribution in [1.82, 2.24) is 9.38 Å². The summed E-state index contributed by atoms with van der Waals surface area (Å²) >= 11 is 0. The van der Waals surface area contributed by atoms with Gasteiger partial charge in [0.25, 0.3) is 5.91 Å². The SMILES string of the molecule is Cc1ccc(OC(C)C(=O)Nc2ccccc2-c2cn3cccc(C)c3n2)cc1C. The van der Waals surface area contributed by atoms with Crippen molar-refractivity contribution < 1.29 is 9.53 Å². The first-order valence-corrected chi connectivity index (χ1v) is 10.0. The lowest BCUT2D eigenvalue weighted by Gasteiger charge is -2.16. The van der Waals surface area contributed by atoms with Crippen LogP contribution >= 0.6 is 0 Å². The highest BCUT2D eigenvalue weighted by Crippen LogP contribution is 2.28. The second-order valence-electron chi connectivity index (χ2n) is 7.59. The van der Waals surface area contributed by atoms with Gasteiger partial charge in [0.2, 0.25) is 0 Å². The van der Waals surface area contributed by atoms with Crippen molar-refractivity contribution >= 4 is 17.2 Å². The second-order valence-corrected chi connectivity index (χ2v) is 7.59. The summed E-state index contributed by atoms with van der Waals surface area (Å²) in [4.78, 5) is 17.6. The number of nitrogens with one attached hydrogen (secondary N) is 1. The Balaban J connectivity index is 1.56. The van der Waals surface area contributed by atoms with Gasteiger partial charge in [0.1, 0.15) is 11.4 Å². The molecule has 0 aliphatic carbocycles. The van der Waals surface area contributed by atoms with Crippen molar-refractivity contribution in [3.05, 3.63) is 83.7 Å². The molecule has 4 aromatic rings. The molecule has 2 aromatic carbocycles. The molecule has 2 aromatic heterocycles. The molecule has 5 heteroatoms. The number of anilines is 1. The van der Waals surface area contributed by atoms with E-state index in [0.717, 1.165) is 28.0 Å². The minimum atomic E-state index is -0.636. The highest BCUT2D eigenvalue weighted by Gasteiger charge is 2.18.